The Kier molecular flexibility index (Phi) is 8.46. The standard InChI is InChI=1S/C20H30N2O3/c23-18(16-9-5-4-6-10-16)15-21-19(24)13-14-20(25)22-17-11-7-2-1-3-8-12-17/h4-6,9-10,17-18,23H,1-3,7-8,11-15H2,(H,21,24)(H,22,25). The number of rotatable bonds is 7. The quantitative estimate of drug-likeness (QED) is 0.710. The fourth-order valence-corrected chi connectivity index (χ4v) is 3.22. The van der Waals surface area contributed by atoms with Gasteiger partial charge < -0.3 is 15.7 Å². The van der Waals surface area contributed by atoms with E-state index in [4.69, 9.17) is 0 Å². The zero-order valence-electron chi connectivity index (χ0n) is 14.9. The highest BCUT2D eigenvalue weighted by molar-refractivity contribution is 5.83. The van der Waals surface area contributed by atoms with Gasteiger partial charge in [0.05, 0.1) is 6.10 Å². The second-order valence-electron chi connectivity index (χ2n) is 6.84. The van der Waals surface area contributed by atoms with Crippen LogP contribution in [-0.2, 0) is 9.59 Å². The summed E-state index contributed by atoms with van der Waals surface area (Å²) in [5.41, 5.74) is 0.768. The molecule has 0 bridgehead atoms. The van der Waals surface area contributed by atoms with Gasteiger partial charge in [0, 0.05) is 25.4 Å². The number of hydrogen-bond acceptors (Lipinski definition) is 3. The Labute approximate surface area is 150 Å². The van der Waals surface area contributed by atoms with Crippen LogP contribution in [0.5, 0.6) is 0 Å². The van der Waals surface area contributed by atoms with Crippen LogP contribution < -0.4 is 10.6 Å². The van der Waals surface area contributed by atoms with Crippen LogP contribution >= 0.6 is 0 Å². The SMILES string of the molecule is O=C(CCC(=O)NC1CCCCCCC1)NCC(O)c1ccccc1. The van der Waals surface area contributed by atoms with E-state index in [9.17, 15) is 14.7 Å². The summed E-state index contributed by atoms with van der Waals surface area (Å²) in [6.07, 6.45) is 7.85. The molecule has 0 aliphatic heterocycles. The molecule has 1 unspecified atom stereocenters. The Balaban J connectivity index is 1.62. The Morgan fingerprint density at radius 2 is 1.56 bits per heavy atom. The molecule has 1 fully saturated rings. The molecule has 25 heavy (non-hydrogen) atoms. The number of carbonyl (C=O) groups is 2. The summed E-state index contributed by atoms with van der Waals surface area (Å²) in [7, 11) is 0. The molecule has 1 saturated carbocycles. The van der Waals surface area contributed by atoms with Crippen molar-refractivity contribution >= 4 is 11.8 Å². The van der Waals surface area contributed by atoms with Crippen LogP contribution in [0.1, 0.15) is 69.5 Å². The largest absolute Gasteiger partial charge is 0.387 e. The van der Waals surface area contributed by atoms with E-state index in [2.05, 4.69) is 10.6 Å². The van der Waals surface area contributed by atoms with Crippen molar-refractivity contribution < 1.29 is 14.7 Å². The van der Waals surface area contributed by atoms with Crippen molar-refractivity contribution in [2.45, 2.75) is 69.9 Å². The van der Waals surface area contributed by atoms with E-state index in [0.29, 0.717) is 0 Å². The lowest BCUT2D eigenvalue weighted by atomic mass is 9.96. The fraction of sp³-hybridized carbons (Fsp3) is 0.600. The highest BCUT2D eigenvalue weighted by atomic mass is 16.3. The van der Waals surface area contributed by atoms with Crippen molar-refractivity contribution in [3.8, 4) is 0 Å². The maximum atomic E-state index is 12.0. The zero-order valence-corrected chi connectivity index (χ0v) is 14.9. The predicted octanol–water partition coefficient (Wildman–Crippen LogP) is 2.85. The number of benzene rings is 1. The summed E-state index contributed by atoms with van der Waals surface area (Å²) in [4.78, 5) is 23.9. The topological polar surface area (TPSA) is 78.4 Å². The van der Waals surface area contributed by atoms with Crippen LogP contribution in [0.15, 0.2) is 30.3 Å². The van der Waals surface area contributed by atoms with E-state index in [1.165, 1.54) is 32.1 Å². The molecule has 1 aliphatic rings. The first-order valence-electron chi connectivity index (χ1n) is 9.44. The zero-order chi connectivity index (χ0) is 17.9. The first kappa shape index (κ1) is 19.4. The molecule has 0 saturated heterocycles. The fourth-order valence-electron chi connectivity index (χ4n) is 3.22. The average Bonchev–Trinajstić information content (AvgIpc) is 2.61. The molecular weight excluding hydrogens is 316 g/mol. The smallest absolute Gasteiger partial charge is 0.220 e. The minimum atomic E-state index is -0.728. The number of hydrogen-bond donors (Lipinski definition) is 3. The van der Waals surface area contributed by atoms with Crippen LogP contribution in [0, 0.1) is 0 Å². The molecule has 2 amide bonds. The molecule has 1 aromatic carbocycles. The van der Waals surface area contributed by atoms with Crippen LogP contribution in [-0.4, -0.2) is 29.5 Å². The number of amides is 2. The molecule has 0 aromatic heterocycles. The lowest BCUT2D eigenvalue weighted by molar-refractivity contribution is -0.127. The van der Waals surface area contributed by atoms with Gasteiger partial charge in [0.1, 0.15) is 0 Å². The minimum absolute atomic E-state index is 0.0515. The molecule has 5 nitrogen and oxygen atoms in total. The normalized spacial score (nSPS) is 17.2. The van der Waals surface area contributed by atoms with E-state index in [-0.39, 0.29) is 37.2 Å². The molecule has 0 radical (unpaired) electrons. The minimum Gasteiger partial charge on any atom is -0.387 e. The van der Waals surface area contributed by atoms with Gasteiger partial charge in [0.15, 0.2) is 0 Å². The highest BCUT2D eigenvalue weighted by Gasteiger charge is 2.15. The molecule has 0 heterocycles. The Hall–Kier alpha value is -1.88. The van der Waals surface area contributed by atoms with Gasteiger partial charge in [0.2, 0.25) is 11.8 Å². The van der Waals surface area contributed by atoms with Gasteiger partial charge >= 0.3 is 0 Å². The van der Waals surface area contributed by atoms with Gasteiger partial charge in [-0.1, -0.05) is 62.4 Å². The van der Waals surface area contributed by atoms with Crippen molar-refractivity contribution in [2.24, 2.45) is 0 Å². The maximum absolute atomic E-state index is 12.0. The average molecular weight is 346 g/mol. The second kappa shape index (κ2) is 10.9. The first-order chi connectivity index (χ1) is 12.1. The van der Waals surface area contributed by atoms with Crippen LogP contribution in [0.25, 0.3) is 0 Å². The van der Waals surface area contributed by atoms with Crippen LogP contribution in [0.2, 0.25) is 0 Å². The first-order valence-corrected chi connectivity index (χ1v) is 9.44. The van der Waals surface area contributed by atoms with Crippen LogP contribution in [0.3, 0.4) is 0 Å². The monoisotopic (exact) mass is 346 g/mol. The van der Waals surface area contributed by atoms with E-state index < -0.39 is 6.10 Å². The number of aliphatic hydroxyl groups is 1. The molecule has 1 aromatic rings. The van der Waals surface area contributed by atoms with Crippen LogP contribution in [0.4, 0.5) is 0 Å². The molecule has 5 heteroatoms. The molecule has 138 valence electrons. The van der Waals surface area contributed by atoms with Crippen molar-refractivity contribution in [3.63, 3.8) is 0 Å². The summed E-state index contributed by atoms with van der Waals surface area (Å²) < 4.78 is 0. The third-order valence-electron chi connectivity index (χ3n) is 4.73. The lowest BCUT2D eigenvalue weighted by Gasteiger charge is -2.21. The molecular formula is C20H30N2O3. The van der Waals surface area contributed by atoms with Crippen molar-refractivity contribution in [1.82, 2.24) is 10.6 Å². The highest BCUT2D eigenvalue weighted by Crippen LogP contribution is 2.17. The molecule has 0 spiro atoms. The lowest BCUT2D eigenvalue weighted by Crippen LogP contribution is -2.36. The van der Waals surface area contributed by atoms with Crippen molar-refractivity contribution in [3.05, 3.63) is 35.9 Å². The number of aliphatic hydroxyl groups excluding tert-OH is 1. The third-order valence-corrected chi connectivity index (χ3v) is 4.73. The second-order valence-corrected chi connectivity index (χ2v) is 6.84. The summed E-state index contributed by atoms with van der Waals surface area (Å²) in [6.45, 7) is 0.160. The van der Waals surface area contributed by atoms with E-state index in [1.54, 1.807) is 0 Å². The van der Waals surface area contributed by atoms with Gasteiger partial charge in [-0.05, 0) is 18.4 Å². The van der Waals surface area contributed by atoms with Crippen molar-refractivity contribution in [1.29, 1.82) is 0 Å². The third kappa shape index (κ3) is 7.69. The van der Waals surface area contributed by atoms with E-state index >= 15 is 0 Å². The summed E-state index contributed by atoms with van der Waals surface area (Å²) >= 11 is 0. The van der Waals surface area contributed by atoms with E-state index in [1.807, 2.05) is 30.3 Å². The predicted molar refractivity (Wildman–Crippen MR) is 97.9 cm³/mol. The van der Waals surface area contributed by atoms with E-state index in [0.717, 1.165) is 18.4 Å². The molecule has 2 rings (SSSR count). The van der Waals surface area contributed by atoms with Gasteiger partial charge in [-0.2, -0.15) is 0 Å². The van der Waals surface area contributed by atoms with Crippen molar-refractivity contribution in [2.75, 3.05) is 6.54 Å². The molecule has 3 N–H and O–H groups in total. The Morgan fingerprint density at radius 1 is 0.960 bits per heavy atom. The molecule has 1 atom stereocenters. The Morgan fingerprint density at radius 3 is 2.24 bits per heavy atom. The van der Waals surface area contributed by atoms with Gasteiger partial charge in [-0.15, -0.1) is 0 Å². The summed E-state index contributed by atoms with van der Waals surface area (Å²) in [5.74, 6) is -0.257. The molecule has 1 aliphatic carbocycles. The Bertz CT molecular complexity index is 525. The number of carbonyl (C=O) groups excluding carboxylic acids is 2. The maximum Gasteiger partial charge on any atom is 0.220 e. The summed E-state index contributed by atoms with van der Waals surface area (Å²) in [6, 6.07) is 9.47. The van der Waals surface area contributed by atoms with Gasteiger partial charge in [-0.3, -0.25) is 9.59 Å². The van der Waals surface area contributed by atoms with Gasteiger partial charge in [0.25, 0.3) is 0 Å². The number of nitrogens with one attached hydrogen (secondary N) is 2. The summed E-state index contributed by atoms with van der Waals surface area (Å²) in [5, 5.41) is 15.8. The van der Waals surface area contributed by atoms with Gasteiger partial charge in [-0.25, -0.2) is 0 Å².